The molecule has 0 atom stereocenters. The van der Waals surface area contributed by atoms with Gasteiger partial charge in [-0.25, -0.2) is 18.7 Å². The van der Waals surface area contributed by atoms with Crippen molar-refractivity contribution in [3.05, 3.63) is 47.4 Å². The molecule has 27 heavy (non-hydrogen) atoms. The Labute approximate surface area is 155 Å². The van der Waals surface area contributed by atoms with Gasteiger partial charge in [0.2, 0.25) is 0 Å². The first-order chi connectivity index (χ1) is 13.0. The molecule has 144 valence electrons. The van der Waals surface area contributed by atoms with Crippen LogP contribution in [0, 0.1) is 18.6 Å². The van der Waals surface area contributed by atoms with E-state index < -0.39 is 23.2 Å². The van der Waals surface area contributed by atoms with Gasteiger partial charge >= 0.3 is 0 Å². The van der Waals surface area contributed by atoms with Crippen molar-refractivity contribution >= 4 is 17.4 Å². The Morgan fingerprint density at radius 2 is 1.93 bits per heavy atom. The number of para-hydroxylation sites is 1. The van der Waals surface area contributed by atoms with Gasteiger partial charge in [0, 0.05) is 32.2 Å². The van der Waals surface area contributed by atoms with E-state index in [0.717, 1.165) is 45.0 Å². The van der Waals surface area contributed by atoms with E-state index in [1.54, 1.807) is 6.92 Å². The van der Waals surface area contributed by atoms with Gasteiger partial charge in [0.05, 0.1) is 13.2 Å². The lowest BCUT2D eigenvalue weighted by atomic mass is 10.2. The highest BCUT2D eigenvalue weighted by atomic mass is 19.1. The van der Waals surface area contributed by atoms with Crippen LogP contribution in [0.5, 0.6) is 0 Å². The maximum Gasteiger partial charge on any atom is 0.274 e. The van der Waals surface area contributed by atoms with Crippen molar-refractivity contribution in [2.75, 3.05) is 50.0 Å². The molecule has 0 unspecified atom stereocenters. The SMILES string of the molecule is Cc1nc(NCCN2CCOCC2)cc(C(=O)Nc2c(F)cccc2F)n1. The molecule has 1 fully saturated rings. The first-order valence-electron chi connectivity index (χ1n) is 8.68. The number of aromatic nitrogens is 2. The fourth-order valence-electron chi connectivity index (χ4n) is 2.74. The number of morpholine rings is 1. The number of ether oxygens (including phenoxy) is 1. The zero-order valence-corrected chi connectivity index (χ0v) is 15.0. The van der Waals surface area contributed by atoms with Gasteiger partial charge in [-0.2, -0.15) is 0 Å². The number of nitrogens with zero attached hydrogens (tertiary/aromatic N) is 3. The molecule has 1 aliphatic rings. The van der Waals surface area contributed by atoms with Crippen LogP contribution in [0.25, 0.3) is 0 Å². The van der Waals surface area contributed by atoms with E-state index >= 15 is 0 Å². The van der Waals surface area contributed by atoms with Gasteiger partial charge in [0.15, 0.2) is 0 Å². The van der Waals surface area contributed by atoms with Crippen molar-refractivity contribution in [2.24, 2.45) is 0 Å². The highest BCUT2D eigenvalue weighted by Crippen LogP contribution is 2.19. The van der Waals surface area contributed by atoms with Crippen LogP contribution in [-0.4, -0.2) is 60.2 Å². The summed E-state index contributed by atoms with van der Waals surface area (Å²) in [6.45, 7) is 6.31. The zero-order chi connectivity index (χ0) is 19.2. The predicted molar refractivity (Wildman–Crippen MR) is 96.8 cm³/mol. The molecule has 1 aromatic carbocycles. The van der Waals surface area contributed by atoms with E-state index in [1.165, 1.54) is 12.1 Å². The lowest BCUT2D eigenvalue weighted by Gasteiger charge is -2.26. The van der Waals surface area contributed by atoms with Gasteiger partial charge in [-0.3, -0.25) is 9.69 Å². The summed E-state index contributed by atoms with van der Waals surface area (Å²) in [6, 6.07) is 4.83. The second-order valence-corrected chi connectivity index (χ2v) is 6.12. The lowest BCUT2D eigenvalue weighted by Crippen LogP contribution is -2.39. The number of nitrogens with one attached hydrogen (secondary N) is 2. The molecule has 0 aliphatic carbocycles. The van der Waals surface area contributed by atoms with E-state index in [0.29, 0.717) is 18.2 Å². The average molecular weight is 377 g/mol. The summed E-state index contributed by atoms with van der Waals surface area (Å²) in [4.78, 5) is 22.9. The van der Waals surface area contributed by atoms with E-state index in [4.69, 9.17) is 4.74 Å². The van der Waals surface area contributed by atoms with Crippen LogP contribution in [0.3, 0.4) is 0 Å². The standard InChI is InChI=1S/C18H21F2N5O2/c1-12-22-15(18(26)24-17-13(19)3-2-4-14(17)20)11-16(23-12)21-5-6-25-7-9-27-10-8-25/h2-4,11H,5-10H2,1H3,(H,24,26)(H,21,22,23). The highest BCUT2D eigenvalue weighted by molar-refractivity contribution is 6.03. The summed E-state index contributed by atoms with van der Waals surface area (Å²) in [5.74, 6) is -1.54. The number of halogens is 2. The van der Waals surface area contributed by atoms with Crippen molar-refractivity contribution in [3.63, 3.8) is 0 Å². The van der Waals surface area contributed by atoms with Crippen LogP contribution in [0.4, 0.5) is 20.3 Å². The van der Waals surface area contributed by atoms with Crippen LogP contribution in [0.1, 0.15) is 16.3 Å². The molecule has 2 N–H and O–H groups in total. The molecular weight excluding hydrogens is 356 g/mol. The Balaban J connectivity index is 1.64. The Bertz CT molecular complexity index is 792. The molecule has 0 radical (unpaired) electrons. The van der Waals surface area contributed by atoms with Crippen LogP contribution in [0.15, 0.2) is 24.3 Å². The Kier molecular flexibility index (Phi) is 6.25. The minimum absolute atomic E-state index is 0.0269. The third kappa shape index (κ3) is 5.18. The molecule has 2 heterocycles. The zero-order valence-electron chi connectivity index (χ0n) is 15.0. The largest absolute Gasteiger partial charge is 0.379 e. The number of hydrogen-bond acceptors (Lipinski definition) is 6. The smallest absolute Gasteiger partial charge is 0.274 e. The summed E-state index contributed by atoms with van der Waals surface area (Å²) in [5, 5.41) is 5.38. The minimum atomic E-state index is -0.849. The Morgan fingerprint density at radius 1 is 1.22 bits per heavy atom. The van der Waals surface area contributed by atoms with E-state index in [9.17, 15) is 13.6 Å². The van der Waals surface area contributed by atoms with Gasteiger partial charge in [-0.15, -0.1) is 0 Å². The number of anilines is 2. The lowest BCUT2D eigenvalue weighted by molar-refractivity contribution is 0.0398. The van der Waals surface area contributed by atoms with E-state index in [2.05, 4.69) is 25.5 Å². The molecule has 9 heteroatoms. The van der Waals surface area contributed by atoms with Crippen molar-refractivity contribution in [1.29, 1.82) is 0 Å². The summed E-state index contributed by atoms with van der Waals surface area (Å²) >= 11 is 0. The molecule has 1 saturated heterocycles. The van der Waals surface area contributed by atoms with Crippen molar-refractivity contribution in [3.8, 4) is 0 Å². The highest BCUT2D eigenvalue weighted by Gasteiger charge is 2.16. The maximum atomic E-state index is 13.7. The molecule has 7 nitrogen and oxygen atoms in total. The number of rotatable bonds is 6. The topological polar surface area (TPSA) is 79.4 Å². The molecule has 0 bridgehead atoms. The molecule has 1 aromatic heterocycles. The van der Waals surface area contributed by atoms with Gasteiger partial charge in [0.25, 0.3) is 5.91 Å². The van der Waals surface area contributed by atoms with Crippen LogP contribution in [-0.2, 0) is 4.74 Å². The van der Waals surface area contributed by atoms with E-state index in [1.807, 2.05) is 0 Å². The fraction of sp³-hybridized carbons (Fsp3) is 0.389. The monoisotopic (exact) mass is 377 g/mol. The molecule has 2 aromatic rings. The van der Waals surface area contributed by atoms with Gasteiger partial charge < -0.3 is 15.4 Å². The number of aryl methyl sites for hydroxylation is 1. The summed E-state index contributed by atoms with van der Waals surface area (Å²) < 4.78 is 32.7. The van der Waals surface area contributed by atoms with Crippen LogP contribution in [0.2, 0.25) is 0 Å². The molecule has 3 rings (SSSR count). The molecule has 1 aliphatic heterocycles. The van der Waals surface area contributed by atoms with Crippen molar-refractivity contribution in [2.45, 2.75) is 6.92 Å². The number of amides is 1. The van der Waals surface area contributed by atoms with Gasteiger partial charge in [0.1, 0.15) is 34.7 Å². The molecule has 1 amide bonds. The second kappa shape index (κ2) is 8.83. The number of benzene rings is 1. The average Bonchev–Trinajstić information content (AvgIpc) is 2.65. The Hall–Kier alpha value is -2.65. The number of carbonyl (C=O) groups excluding carboxylic acids is 1. The summed E-state index contributed by atoms with van der Waals surface area (Å²) in [6.07, 6.45) is 0. The third-order valence-electron chi connectivity index (χ3n) is 4.11. The summed E-state index contributed by atoms with van der Waals surface area (Å²) in [5.41, 5.74) is -0.473. The molecule has 0 saturated carbocycles. The third-order valence-corrected chi connectivity index (χ3v) is 4.11. The van der Waals surface area contributed by atoms with Crippen molar-refractivity contribution < 1.29 is 18.3 Å². The predicted octanol–water partition coefficient (Wildman–Crippen LogP) is 2.06. The van der Waals surface area contributed by atoms with E-state index in [-0.39, 0.29) is 5.69 Å². The second-order valence-electron chi connectivity index (χ2n) is 6.12. The fourth-order valence-corrected chi connectivity index (χ4v) is 2.74. The number of hydrogen-bond donors (Lipinski definition) is 2. The maximum absolute atomic E-state index is 13.7. The molecular formula is C18H21F2N5O2. The first-order valence-corrected chi connectivity index (χ1v) is 8.68. The number of carbonyl (C=O) groups is 1. The van der Waals surface area contributed by atoms with Crippen molar-refractivity contribution in [1.82, 2.24) is 14.9 Å². The summed E-state index contributed by atoms with van der Waals surface area (Å²) in [7, 11) is 0. The molecule has 0 spiro atoms. The van der Waals surface area contributed by atoms with Crippen LogP contribution >= 0.6 is 0 Å². The normalized spacial score (nSPS) is 14.8. The first kappa shape index (κ1) is 19.1. The quantitative estimate of drug-likeness (QED) is 0.802. The van der Waals surface area contributed by atoms with Gasteiger partial charge in [-0.1, -0.05) is 6.07 Å². The Morgan fingerprint density at radius 3 is 2.63 bits per heavy atom. The van der Waals surface area contributed by atoms with Gasteiger partial charge in [-0.05, 0) is 19.1 Å². The van der Waals surface area contributed by atoms with Crippen LogP contribution < -0.4 is 10.6 Å². The minimum Gasteiger partial charge on any atom is -0.379 e.